The van der Waals surface area contributed by atoms with Crippen LogP contribution in [-0.4, -0.2) is 0 Å². The van der Waals surface area contributed by atoms with E-state index in [2.05, 4.69) is 32.0 Å². The van der Waals surface area contributed by atoms with Crippen molar-refractivity contribution in [1.29, 1.82) is 0 Å². The van der Waals surface area contributed by atoms with Crippen LogP contribution in [0, 0.1) is 5.82 Å². The number of fused-ring (bicyclic) bond motifs is 1. The van der Waals surface area contributed by atoms with E-state index in [9.17, 15) is 4.39 Å². The average molecular weight is 306 g/mol. The van der Waals surface area contributed by atoms with Crippen molar-refractivity contribution in [3.63, 3.8) is 0 Å². The van der Waals surface area contributed by atoms with Crippen molar-refractivity contribution in [2.75, 3.05) is 0 Å². The molecule has 0 amide bonds. The van der Waals surface area contributed by atoms with Crippen LogP contribution < -0.4 is 0 Å². The Kier molecular flexibility index (Phi) is 4.76. The van der Waals surface area contributed by atoms with E-state index in [1.165, 1.54) is 11.1 Å². The second-order valence-corrected chi connectivity index (χ2v) is 6.18. The van der Waals surface area contributed by atoms with Crippen LogP contribution in [0.4, 0.5) is 4.39 Å². The number of benzene rings is 3. The fraction of sp³-hybridized carbons (Fsp3) is 0.273. The molecule has 118 valence electrons. The van der Waals surface area contributed by atoms with Crippen LogP contribution in [0.2, 0.25) is 0 Å². The third-order valence-electron chi connectivity index (χ3n) is 4.36. The molecule has 0 bridgehead atoms. The molecule has 23 heavy (non-hydrogen) atoms. The third-order valence-corrected chi connectivity index (χ3v) is 4.36. The number of aryl methyl sites for hydroxylation is 2. The Bertz CT molecular complexity index is 800. The summed E-state index contributed by atoms with van der Waals surface area (Å²) >= 11 is 0. The Balaban J connectivity index is 2.01. The highest BCUT2D eigenvalue weighted by Gasteiger charge is 2.10. The van der Waals surface area contributed by atoms with Gasteiger partial charge in [-0.2, -0.15) is 0 Å². The molecule has 0 fully saturated rings. The van der Waals surface area contributed by atoms with Gasteiger partial charge in [0.15, 0.2) is 0 Å². The lowest BCUT2D eigenvalue weighted by atomic mass is 9.97. The minimum atomic E-state index is -0.117. The van der Waals surface area contributed by atoms with Gasteiger partial charge >= 0.3 is 0 Å². The molecule has 0 aromatic heterocycles. The fourth-order valence-corrected chi connectivity index (χ4v) is 3.15. The largest absolute Gasteiger partial charge is 0.206 e. The Morgan fingerprint density at radius 2 is 1.39 bits per heavy atom. The summed E-state index contributed by atoms with van der Waals surface area (Å²) in [5.74, 6) is -0.117. The zero-order chi connectivity index (χ0) is 16.2. The molecule has 0 atom stereocenters. The minimum Gasteiger partial charge on any atom is -0.206 e. The van der Waals surface area contributed by atoms with E-state index in [1.54, 1.807) is 0 Å². The van der Waals surface area contributed by atoms with Gasteiger partial charge in [0.25, 0.3) is 0 Å². The molecule has 0 aliphatic heterocycles. The summed E-state index contributed by atoms with van der Waals surface area (Å²) in [4.78, 5) is 0. The van der Waals surface area contributed by atoms with Crippen molar-refractivity contribution in [1.82, 2.24) is 0 Å². The van der Waals surface area contributed by atoms with Gasteiger partial charge in [0.05, 0.1) is 0 Å². The first-order valence-corrected chi connectivity index (χ1v) is 8.53. The first-order chi connectivity index (χ1) is 11.2. The maximum Gasteiger partial charge on any atom is 0.138 e. The van der Waals surface area contributed by atoms with E-state index >= 15 is 0 Å². The smallest absolute Gasteiger partial charge is 0.138 e. The standard InChI is InChI=1S/C22H23F/c1-3-5-16-7-10-18(11-8-16)20-14-12-19-15-17(6-4-2)9-13-21(19)22(20)23/h7-15H,3-6H2,1-2H3. The first kappa shape index (κ1) is 15.7. The molecule has 1 heteroatoms. The highest BCUT2D eigenvalue weighted by atomic mass is 19.1. The molecule has 3 aromatic rings. The first-order valence-electron chi connectivity index (χ1n) is 8.53. The highest BCUT2D eigenvalue weighted by molar-refractivity contribution is 5.88. The molecule has 0 heterocycles. The van der Waals surface area contributed by atoms with Crippen LogP contribution in [0.3, 0.4) is 0 Å². The van der Waals surface area contributed by atoms with Crippen LogP contribution >= 0.6 is 0 Å². The van der Waals surface area contributed by atoms with Crippen molar-refractivity contribution in [2.24, 2.45) is 0 Å². The van der Waals surface area contributed by atoms with Crippen molar-refractivity contribution in [2.45, 2.75) is 39.5 Å². The molecule has 0 aliphatic carbocycles. The van der Waals surface area contributed by atoms with Gasteiger partial charge in [-0.05, 0) is 34.9 Å². The molecule has 0 aliphatic rings. The van der Waals surface area contributed by atoms with E-state index in [4.69, 9.17) is 0 Å². The minimum absolute atomic E-state index is 0.117. The summed E-state index contributed by atoms with van der Waals surface area (Å²) < 4.78 is 14.9. The third kappa shape index (κ3) is 3.29. The Hall–Kier alpha value is -2.15. The summed E-state index contributed by atoms with van der Waals surface area (Å²) in [6.07, 6.45) is 4.35. The van der Waals surface area contributed by atoms with Crippen molar-refractivity contribution in [3.8, 4) is 11.1 Å². The number of hydrogen-bond donors (Lipinski definition) is 0. The lowest BCUT2D eigenvalue weighted by molar-refractivity contribution is 0.643. The van der Waals surface area contributed by atoms with Gasteiger partial charge in [-0.15, -0.1) is 0 Å². The van der Waals surface area contributed by atoms with E-state index in [0.29, 0.717) is 10.9 Å². The van der Waals surface area contributed by atoms with Crippen molar-refractivity contribution >= 4 is 10.8 Å². The summed E-state index contributed by atoms with van der Waals surface area (Å²) in [5.41, 5.74) is 4.21. The van der Waals surface area contributed by atoms with Gasteiger partial charge in [-0.3, -0.25) is 0 Å². The molecule has 0 unspecified atom stereocenters. The number of rotatable bonds is 5. The average Bonchev–Trinajstić information content (AvgIpc) is 2.57. The Labute approximate surface area is 138 Å². The van der Waals surface area contributed by atoms with Crippen LogP contribution in [0.1, 0.15) is 37.8 Å². The molecule has 3 rings (SSSR count). The summed E-state index contributed by atoms with van der Waals surface area (Å²) in [6, 6.07) is 18.3. The monoisotopic (exact) mass is 306 g/mol. The summed E-state index contributed by atoms with van der Waals surface area (Å²) in [7, 11) is 0. The molecule has 0 spiro atoms. The molecule has 0 N–H and O–H groups in total. The molecule has 0 saturated heterocycles. The second-order valence-electron chi connectivity index (χ2n) is 6.18. The topological polar surface area (TPSA) is 0 Å². The number of halogens is 1. The maximum absolute atomic E-state index is 14.9. The Morgan fingerprint density at radius 3 is 2.09 bits per heavy atom. The second kappa shape index (κ2) is 6.95. The zero-order valence-electron chi connectivity index (χ0n) is 13.9. The van der Waals surface area contributed by atoms with Gasteiger partial charge in [0.1, 0.15) is 5.82 Å². The maximum atomic E-state index is 14.9. The molecule has 3 aromatic carbocycles. The van der Waals surface area contributed by atoms with Crippen LogP contribution in [0.25, 0.3) is 21.9 Å². The predicted octanol–water partition coefficient (Wildman–Crippen LogP) is 6.55. The van der Waals surface area contributed by atoms with Gasteiger partial charge in [-0.1, -0.05) is 81.3 Å². The van der Waals surface area contributed by atoms with Crippen molar-refractivity contribution in [3.05, 3.63) is 71.5 Å². The van der Waals surface area contributed by atoms with E-state index in [1.807, 2.05) is 36.4 Å². The SMILES string of the molecule is CCCc1ccc(-c2ccc3cc(CCC)ccc3c2F)cc1. The van der Waals surface area contributed by atoms with E-state index in [0.717, 1.165) is 36.6 Å². The zero-order valence-corrected chi connectivity index (χ0v) is 13.9. The van der Waals surface area contributed by atoms with Crippen LogP contribution in [-0.2, 0) is 12.8 Å². The summed E-state index contributed by atoms with van der Waals surface area (Å²) in [5, 5.41) is 1.69. The predicted molar refractivity (Wildman–Crippen MR) is 97.3 cm³/mol. The fourth-order valence-electron chi connectivity index (χ4n) is 3.15. The molecule has 0 radical (unpaired) electrons. The molecule has 0 nitrogen and oxygen atoms in total. The van der Waals surface area contributed by atoms with Gasteiger partial charge < -0.3 is 0 Å². The molecular formula is C22H23F. The van der Waals surface area contributed by atoms with E-state index in [-0.39, 0.29) is 5.82 Å². The van der Waals surface area contributed by atoms with Gasteiger partial charge in [0.2, 0.25) is 0 Å². The van der Waals surface area contributed by atoms with Gasteiger partial charge in [-0.25, -0.2) is 4.39 Å². The molecular weight excluding hydrogens is 283 g/mol. The quantitative estimate of drug-likeness (QED) is 0.501. The van der Waals surface area contributed by atoms with Gasteiger partial charge in [0, 0.05) is 10.9 Å². The lowest BCUT2D eigenvalue weighted by Crippen LogP contribution is -1.90. The van der Waals surface area contributed by atoms with Crippen LogP contribution in [0.5, 0.6) is 0 Å². The molecule has 0 saturated carbocycles. The van der Waals surface area contributed by atoms with E-state index < -0.39 is 0 Å². The van der Waals surface area contributed by atoms with Crippen LogP contribution in [0.15, 0.2) is 54.6 Å². The van der Waals surface area contributed by atoms with Crippen molar-refractivity contribution < 1.29 is 4.39 Å². The number of hydrogen-bond acceptors (Lipinski definition) is 0. The normalized spacial score (nSPS) is 11.1. The lowest BCUT2D eigenvalue weighted by Gasteiger charge is -2.09. The highest BCUT2D eigenvalue weighted by Crippen LogP contribution is 2.30. The summed E-state index contributed by atoms with van der Waals surface area (Å²) in [6.45, 7) is 4.33. The Morgan fingerprint density at radius 1 is 0.739 bits per heavy atom.